The molecule has 0 bridgehead atoms. The van der Waals surface area contributed by atoms with Crippen molar-refractivity contribution >= 4 is 11.9 Å². The third kappa shape index (κ3) is 1.80. The number of hydrogen-bond donors (Lipinski definition) is 3. The fraction of sp³-hybridized carbons (Fsp3) is 0.750. The zero-order valence-corrected chi connectivity index (χ0v) is 7.72. The van der Waals surface area contributed by atoms with Crippen LogP contribution in [0.2, 0.25) is 0 Å². The molecule has 0 aliphatic carbocycles. The number of nitrogens with two attached hydrogens (primary N) is 1. The highest BCUT2D eigenvalue weighted by Gasteiger charge is 2.44. The molecule has 0 spiro atoms. The van der Waals surface area contributed by atoms with Crippen molar-refractivity contribution in [1.29, 1.82) is 0 Å². The van der Waals surface area contributed by atoms with Gasteiger partial charge >= 0.3 is 6.03 Å². The van der Waals surface area contributed by atoms with Crippen LogP contribution in [0, 0.1) is 0 Å². The highest BCUT2D eigenvalue weighted by molar-refractivity contribution is 6.07. The Morgan fingerprint density at radius 1 is 1.46 bits per heavy atom. The van der Waals surface area contributed by atoms with E-state index in [9.17, 15) is 9.59 Å². The first-order valence-electron chi connectivity index (χ1n) is 4.48. The molecular formula is C8H15N3O2. The van der Waals surface area contributed by atoms with Gasteiger partial charge in [-0.15, -0.1) is 0 Å². The van der Waals surface area contributed by atoms with E-state index in [-0.39, 0.29) is 12.5 Å². The molecule has 0 radical (unpaired) electrons. The summed E-state index contributed by atoms with van der Waals surface area (Å²) in [5, 5.41) is 4.78. The van der Waals surface area contributed by atoms with Gasteiger partial charge in [0.1, 0.15) is 5.54 Å². The summed E-state index contributed by atoms with van der Waals surface area (Å²) >= 11 is 0. The van der Waals surface area contributed by atoms with Crippen molar-refractivity contribution in [3.8, 4) is 0 Å². The largest absolute Gasteiger partial charge is 0.328 e. The molecule has 1 aliphatic heterocycles. The Morgan fingerprint density at radius 3 is 2.54 bits per heavy atom. The lowest BCUT2D eigenvalue weighted by Crippen LogP contribution is -2.52. The van der Waals surface area contributed by atoms with Crippen LogP contribution < -0.4 is 16.4 Å². The highest BCUT2D eigenvalue weighted by Crippen LogP contribution is 2.16. The van der Waals surface area contributed by atoms with E-state index in [1.165, 1.54) is 0 Å². The normalized spacial score (nSPS) is 27.2. The molecule has 5 nitrogen and oxygen atoms in total. The summed E-state index contributed by atoms with van der Waals surface area (Å²) in [6, 6.07) is -0.438. The number of unbranched alkanes of at least 4 members (excludes halogenated alkanes) is 1. The fourth-order valence-corrected chi connectivity index (χ4v) is 1.43. The smallest absolute Gasteiger partial charge is 0.322 e. The quantitative estimate of drug-likeness (QED) is 0.526. The lowest BCUT2D eigenvalue weighted by atomic mass is 9.93. The van der Waals surface area contributed by atoms with E-state index in [1.54, 1.807) is 0 Å². The number of urea groups is 1. The minimum absolute atomic E-state index is 0.157. The van der Waals surface area contributed by atoms with E-state index in [0.717, 1.165) is 12.8 Å². The Labute approximate surface area is 77.1 Å². The summed E-state index contributed by atoms with van der Waals surface area (Å²) in [7, 11) is 0. The van der Waals surface area contributed by atoms with Crippen LogP contribution in [0.1, 0.15) is 26.2 Å². The van der Waals surface area contributed by atoms with Crippen LogP contribution in [0.25, 0.3) is 0 Å². The van der Waals surface area contributed by atoms with Crippen molar-refractivity contribution in [1.82, 2.24) is 10.6 Å². The Kier molecular flexibility index (Phi) is 2.87. The predicted octanol–water partition coefficient (Wildman–Crippen LogP) is -0.286. The maximum absolute atomic E-state index is 11.4. The van der Waals surface area contributed by atoms with E-state index in [2.05, 4.69) is 10.6 Å². The van der Waals surface area contributed by atoms with Crippen LogP contribution >= 0.6 is 0 Å². The summed E-state index contributed by atoms with van der Waals surface area (Å²) in [6.07, 6.45) is 2.47. The van der Waals surface area contributed by atoms with Gasteiger partial charge in [-0.3, -0.25) is 10.1 Å². The molecule has 1 atom stereocenters. The third-order valence-electron chi connectivity index (χ3n) is 2.32. The van der Waals surface area contributed by atoms with Crippen molar-refractivity contribution < 1.29 is 9.59 Å². The molecule has 1 heterocycles. The summed E-state index contributed by atoms with van der Waals surface area (Å²) in [5.74, 6) is -0.298. The average molecular weight is 185 g/mol. The molecule has 0 saturated carbocycles. The second-order valence-electron chi connectivity index (χ2n) is 3.30. The van der Waals surface area contributed by atoms with Gasteiger partial charge in [0, 0.05) is 6.54 Å². The Morgan fingerprint density at radius 2 is 2.15 bits per heavy atom. The van der Waals surface area contributed by atoms with Crippen molar-refractivity contribution in [2.24, 2.45) is 5.73 Å². The zero-order valence-electron chi connectivity index (χ0n) is 7.72. The van der Waals surface area contributed by atoms with Gasteiger partial charge in [-0.05, 0) is 6.42 Å². The monoisotopic (exact) mass is 185 g/mol. The van der Waals surface area contributed by atoms with Crippen molar-refractivity contribution in [2.75, 3.05) is 6.54 Å². The molecular weight excluding hydrogens is 170 g/mol. The van der Waals surface area contributed by atoms with Crippen LogP contribution in [0.4, 0.5) is 4.79 Å². The van der Waals surface area contributed by atoms with Gasteiger partial charge in [-0.1, -0.05) is 19.8 Å². The Bertz CT molecular complexity index is 229. The van der Waals surface area contributed by atoms with E-state index < -0.39 is 11.6 Å². The zero-order chi connectivity index (χ0) is 9.90. The number of amides is 3. The lowest BCUT2D eigenvalue weighted by Gasteiger charge is -2.23. The van der Waals surface area contributed by atoms with Gasteiger partial charge in [0.2, 0.25) is 0 Å². The molecule has 0 aromatic rings. The molecule has 4 N–H and O–H groups in total. The highest BCUT2D eigenvalue weighted by atomic mass is 16.2. The molecule has 1 saturated heterocycles. The first-order valence-corrected chi connectivity index (χ1v) is 4.48. The summed E-state index contributed by atoms with van der Waals surface area (Å²) in [6.45, 7) is 2.18. The number of rotatable bonds is 4. The van der Waals surface area contributed by atoms with E-state index in [4.69, 9.17) is 5.73 Å². The SMILES string of the molecule is CCCCC1(CN)NC(=O)NC1=O. The minimum Gasteiger partial charge on any atom is -0.328 e. The maximum Gasteiger partial charge on any atom is 0.322 e. The third-order valence-corrected chi connectivity index (χ3v) is 2.32. The molecule has 13 heavy (non-hydrogen) atoms. The van der Waals surface area contributed by atoms with Gasteiger partial charge in [0.15, 0.2) is 0 Å². The molecule has 0 aromatic heterocycles. The van der Waals surface area contributed by atoms with E-state index in [1.807, 2.05) is 6.92 Å². The van der Waals surface area contributed by atoms with Crippen LogP contribution in [-0.2, 0) is 4.79 Å². The van der Waals surface area contributed by atoms with Gasteiger partial charge < -0.3 is 11.1 Å². The fourth-order valence-electron chi connectivity index (χ4n) is 1.43. The van der Waals surface area contributed by atoms with Gasteiger partial charge in [0.25, 0.3) is 5.91 Å². The van der Waals surface area contributed by atoms with Crippen LogP contribution in [0.5, 0.6) is 0 Å². The molecule has 1 aliphatic rings. The van der Waals surface area contributed by atoms with Gasteiger partial charge in [-0.2, -0.15) is 0 Å². The summed E-state index contributed by atoms with van der Waals surface area (Å²) < 4.78 is 0. The Balaban J connectivity index is 2.68. The van der Waals surface area contributed by atoms with E-state index >= 15 is 0 Å². The number of carbonyl (C=O) groups is 2. The lowest BCUT2D eigenvalue weighted by molar-refractivity contribution is -0.123. The van der Waals surface area contributed by atoms with Crippen molar-refractivity contribution in [3.05, 3.63) is 0 Å². The summed E-state index contributed by atoms with van der Waals surface area (Å²) in [5.41, 5.74) is 4.63. The maximum atomic E-state index is 11.4. The first-order chi connectivity index (χ1) is 6.14. The minimum atomic E-state index is -0.854. The second kappa shape index (κ2) is 3.74. The van der Waals surface area contributed by atoms with Crippen LogP contribution in [0.3, 0.4) is 0 Å². The second-order valence-corrected chi connectivity index (χ2v) is 3.30. The Hall–Kier alpha value is -1.10. The van der Waals surface area contributed by atoms with Crippen molar-refractivity contribution in [2.45, 2.75) is 31.7 Å². The number of hydrogen-bond acceptors (Lipinski definition) is 3. The molecule has 3 amide bonds. The van der Waals surface area contributed by atoms with Crippen LogP contribution in [-0.4, -0.2) is 24.0 Å². The first kappa shape index (κ1) is 9.98. The molecule has 5 heteroatoms. The molecule has 1 rings (SSSR count). The van der Waals surface area contributed by atoms with Crippen LogP contribution in [0.15, 0.2) is 0 Å². The average Bonchev–Trinajstić information content (AvgIpc) is 2.38. The number of imide groups is 1. The van der Waals surface area contributed by atoms with Gasteiger partial charge in [-0.25, -0.2) is 4.79 Å². The molecule has 0 aromatic carbocycles. The predicted molar refractivity (Wildman–Crippen MR) is 48.0 cm³/mol. The van der Waals surface area contributed by atoms with E-state index in [0.29, 0.717) is 6.42 Å². The standard InChI is InChI=1S/C8H15N3O2/c1-2-3-4-8(5-9)6(12)10-7(13)11-8/h2-5,9H2,1H3,(H2,10,11,12,13). The van der Waals surface area contributed by atoms with Gasteiger partial charge in [0.05, 0.1) is 0 Å². The molecule has 1 fully saturated rings. The number of nitrogens with one attached hydrogen (secondary N) is 2. The van der Waals surface area contributed by atoms with Crippen molar-refractivity contribution in [3.63, 3.8) is 0 Å². The topological polar surface area (TPSA) is 84.2 Å². The number of carbonyl (C=O) groups excluding carboxylic acids is 2. The summed E-state index contributed by atoms with van der Waals surface area (Å²) in [4.78, 5) is 22.3. The molecule has 74 valence electrons. The molecule has 1 unspecified atom stereocenters.